The van der Waals surface area contributed by atoms with Crippen molar-refractivity contribution in [2.45, 2.75) is 57.1 Å². The average molecular weight is 234 g/mol. The van der Waals surface area contributed by atoms with Crippen LogP contribution in [0.2, 0.25) is 0 Å². The highest BCUT2D eigenvalue weighted by Gasteiger charge is 2.28. The first-order valence-corrected chi connectivity index (χ1v) is 6.89. The molecular weight excluding hydrogens is 212 g/mol. The molecule has 17 heavy (non-hydrogen) atoms. The normalized spacial score (nSPS) is 29.5. The standard InChI is InChI=1S/C14H22N2O/c1-17-13-6-2-11(3-7-13)9-16-10-15-8-14(16)12-4-5-12/h8,10-13H,2-7,9H2,1H3. The van der Waals surface area contributed by atoms with Crippen LogP contribution in [-0.2, 0) is 11.3 Å². The van der Waals surface area contributed by atoms with E-state index in [0.29, 0.717) is 6.10 Å². The summed E-state index contributed by atoms with van der Waals surface area (Å²) in [6, 6.07) is 0. The van der Waals surface area contributed by atoms with Crippen molar-refractivity contribution in [3.05, 3.63) is 18.2 Å². The van der Waals surface area contributed by atoms with E-state index in [-0.39, 0.29) is 0 Å². The summed E-state index contributed by atoms with van der Waals surface area (Å²) in [7, 11) is 1.84. The number of rotatable bonds is 4. The minimum atomic E-state index is 0.511. The van der Waals surface area contributed by atoms with Crippen LogP contribution in [0.3, 0.4) is 0 Å². The minimum Gasteiger partial charge on any atom is -0.381 e. The molecule has 0 radical (unpaired) electrons. The summed E-state index contributed by atoms with van der Waals surface area (Å²) in [6.45, 7) is 1.17. The Labute approximate surface area is 103 Å². The molecule has 3 heteroatoms. The smallest absolute Gasteiger partial charge is 0.0948 e. The highest BCUT2D eigenvalue weighted by molar-refractivity contribution is 5.12. The van der Waals surface area contributed by atoms with E-state index in [0.717, 1.165) is 11.8 Å². The van der Waals surface area contributed by atoms with E-state index >= 15 is 0 Å². The summed E-state index contributed by atoms with van der Waals surface area (Å²) < 4.78 is 7.83. The van der Waals surface area contributed by atoms with Crippen LogP contribution >= 0.6 is 0 Å². The van der Waals surface area contributed by atoms with Gasteiger partial charge in [0.1, 0.15) is 0 Å². The van der Waals surface area contributed by atoms with Crippen LogP contribution < -0.4 is 0 Å². The second-order valence-electron chi connectivity index (χ2n) is 5.62. The quantitative estimate of drug-likeness (QED) is 0.801. The summed E-state index contributed by atoms with van der Waals surface area (Å²) in [5.41, 5.74) is 1.47. The molecule has 2 saturated carbocycles. The first-order chi connectivity index (χ1) is 8.36. The second kappa shape index (κ2) is 4.81. The minimum absolute atomic E-state index is 0.511. The van der Waals surface area contributed by atoms with Gasteiger partial charge >= 0.3 is 0 Å². The van der Waals surface area contributed by atoms with Gasteiger partial charge in [0.15, 0.2) is 0 Å². The van der Waals surface area contributed by atoms with E-state index in [4.69, 9.17) is 4.74 Å². The molecule has 1 aromatic heterocycles. The zero-order valence-electron chi connectivity index (χ0n) is 10.6. The Balaban J connectivity index is 1.58. The fraction of sp³-hybridized carbons (Fsp3) is 0.786. The molecule has 0 saturated heterocycles. The van der Waals surface area contributed by atoms with Crippen molar-refractivity contribution in [3.63, 3.8) is 0 Å². The molecule has 2 aliphatic rings. The molecule has 3 nitrogen and oxygen atoms in total. The summed E-state index contributed by atoms with van der Waals surface area (Å²) in [4.78, 5) is 4.32. The molecule has 0 unspecified atom stereocenters. The lowest BCUT2D eigenvalue weighted by molar-refractivity contribution is 0.0541. The maximum absolute atomic E-state index is 5.43. The van der Waals surface area contributed by atoms with Crippen LogP contribution in [-0.4, -0.2) is 22.8 Å². The highest BCUT2D eigenvalue weighted by atomic mass is 16.5. The summed E-state index contributed by atoms with van der Waals surface area (Å²) in [5, 5.41) is 0. The number of nitrogens with zero attached hydrogens (tertiary/aromatic N) is 2. The number of hydrogen-bond acceptors (Lipinski definition) is 2. The Morgan fingerprint density at radius 2 is 2.00 bits per heavy atom. The van der Waals surface area contributed by atoms with Gasteiger partial charge in [0, 0.05) is 31.5 Å². The summed E-state index contributed by atoms with van der Waals surface area (Å²) in [6.07, 6.45) is 12.4. The van der Waals surface area contributed by atoms with Gasteiger partial charge < -0.3 is 9.30 Å². The predicted molar refractivity (Wildman–Crippen MR) is 67.0 cm³/mol. The number of methoxy groups -OCH3 is 1. The fourth-order valence-electron chi connectivity index (χ4n) is 3.03. The Hall–Kier alpha value is -0.830. The highest BCUT2D eigenvalue weighted by Crippen LogP contribution is 2.40. The molecule has 1 aromatic rings. The zero-order valence-corrected chi connectivity index (χ0v) is 10.6. The molecule has 2 fully saturated rings. The molecule has 0 N–H and O–H groups in total. The van der Waals surface area contributed by atoms with Crippen molar-refractivity contribution < 1.29 is 4.74 Å². The third-order valence-electron chi connectivity index (χ3n) is 4.32. The van der Waals surface area contributed by atoms with Crippen LogP contribution in [0.15, 0.2) is 12.5 Å². The predicted octanol–water partition coefficient (Wildman–Crippen LogP) is 2.97. The van der Waals surface area contributed by atoms with Crippen molar-refractivity contribution >= 4 is 0 Å². The van der Waals surface area contributed by atoms with Crippen molar-refractivity contribution in [1.82, 2.24) is 9.55 Å². The van der Waals surface area contributed by atoms with E-state index in [1.807, 2.05) is 13.4 Å². The number of ether oxygens (including phenoxy) is 1. The number of aromatic nitrogens is 2. The van der Waals surface area contributed by atoms with Gasteiger partial charge in [-0.2, -0.15) is 0 Å². The van der Waals surface area contributed by atoms with Crippen molar-refractivity contribution in [1.29, 1.82) is 0 Å². The summed E-state index contributed by atoms with van der Waals surface area (Å²) in [5.74, 6) is 1.64. The molecule has 94 valence electrons. The molecule has 3 rings (SSSR count). The van der Waals surface area contributed by atoms with Gasteiger partial charge in [-0.1, -0.05) is 0 Å². The van der Waals surface area contributed by atoms with Gasteiger partial charge in [0.2, 0.25) is 0 Å². The second-order valence-corrected chi connectivity index (χ2v) is 5.62. The van der Waals surface area contributed by atoms with Crippen LogP contribution in [0.1, 0.15) is 50.1 Å². The van der Waals surface area contributed by atoms with Gasteiger partial charge in [-0.15, -0.1) is 0 Å². The Morgan fingerprint density at radius 3 is 2.65 bits per heavy atom. The van der Waals surface area contributed by atoms with Crippen LogP contribution in [0.4, 0.5) is 0 Å². The van der Waals surface area contributed by atoms with Crippen LogP contribution in [0.5, 0.6) is 0 Å². The maximum atomic E-state index is 5.43. The topological polar surface area (TPSA) is 27.1 Å². The molecule has 2 aliphatic carbocycles. The van der Waals surface area contributed by atoms with Gasteiger partial charge in [0.05, 0.1) is 12.4 Å². The van der Waals surface area contributed by atoms with E-state index in [1.165, 1.54) is 50.8 Å². The molecule has 0 aliphatic heterocycles. The van der Waals surface area contributed by atoms with Gasteiger partial charge in [-0.3, -0.25) is 0 Å². The monoisotopic (exact) mass is 234 g/mol. The third-order valence-corrected chi connectivity index (χ3v) is 4.32. The lowest BCUT2D eigenvalue weighted by atomic mass is 9.87. The van der Waals surface area contributed by atoms with Crippen LogP contribution in [0.25, 0.3) is 0 Å². The van der Waals surface area contributed by atoms with Crippen molar-refractivity contribution in [3.8, 4) is 0 Å². The maximum Gasteiger partial charge on any atom is 0.0948 e. The Morgan fingerprint density at radius 1 is 1.24 bits per heavy atom. The molecule has 0 atom stereocenters. The van der Waals surface area contributed by atoms with Crippen molar-refractivity contribution in [2.24, 2.45) is 5.92 Å². The first kappa shape index (κ1) is 11.3. The first-order valence-electron chi connectivity index (χ1n) is 6.89. The van der Waals surface area contributed by atoms with Gasteiger partial charge in [-0.05, 0) is 44.4 Å². The van der Waals surface area contributed by atoms with E-state index in [9.17, 15) is 0 Å². The zero-order chi connectivity index (χ0) is 11.7. The largest absolute Gasteiger partial charge is 0.381 e. The lowest BCUT2D eigenvalue weighted by Gasteiger charge is -2.28. The lowest BCUT2D eigenvalue weighted by Crippen LogP contribution is -2.23. The molecule has 0 bridgehead atoms. The van der Waals surface area contributed by atoms with E-state index in [2.05, 4.69) is 15.7 Å². The van der Waals surface area contributed by atoms with E-state index in [1.54, 1.807) is 0 Å². The number of hydrogen-bond donors (Lipinski definition) is 0. The molecule has 0 spiro atoms. The van der Waals surface area contributed by atoms with Gasteiger partial charge in [0.25, 0.3) is 0 Å². The third kappa shape index (κ3) is 2.54. The fourth-order valence-corrected chi connectivity index (χ4v) is 3.03. The summed E-state index contributed by atoms with van der Waals surface area (Å²) >= 11 is 0. The van der Waals surface area contributed by atoms with Gasteiger partial charge in [-0.25, -0.2) is 4.98 Å². The van der Waals surface area contributed by atoms with Crippen LogP contribution in [0, 0.1) is 5.92 Å². The Kier molecular flexibility index (Phi) is 3.19. The molecular formula is C14H22N2O. The number of imidazole rings is 1. The molecule has 0 aromatic carbocycles. The van der Waals surface area contributed by atoms with Crippen molar-refractivity contribution in [2.75, 3.05) is 7.11 Å². The molecule has 0 amide bonds. The SMILES string of the molecule is COC1CCC(Cn2cncc2C2CC2)CC1. The molecule has 1 heterocycles. The average Bonchev–Trinajstić information content (AvgIpc) is 3.11. The van der Waals surface area contributed by atoms with E-state index < -0.39 is 0 Å². The Bertz CT molecular complexity index is 362.